The first-order valence-corrected chi connectivity index (χ1v) is 16.2. The molecule has 1 aliphatic rings. The van der Waals surface area contributed by atoms with Crippen molar-refractivity contribution in [1.29, 1.82) is 0 Å². The Labute approximate surface area is 249 Å². The molecule has 0 atom stereocenters. The van der Waals surface area contributed by atoms with Crippen molar-refractivity contribution in [1.82, 2.24) is 4.90 Å². The number of amides is 1. The van der Waals surface area contributed by atoms with Crippen LogP contribution in [0, 0.1) is 0 Å². The number of fused-ring (bicyclic) bond motifs is 1. The van der Waals surface area contributed by atoms with Gasteiger partial charge in [-0.15, -0.1) is 0 Å². The van der Waals surface area contributed by atoms with Gasteiger partial charge in [-0.3, -0.25) is 9.10 Å². The van der Waals surface area contributed by atoms with Crippen LogP contribution < -0.4 is 24.4 Å². The highest BCUT2D eigenvalue weighted by Gasteiger charge is 2.31. The van der Waals surface area contributed by atoms with Gasteiger partial charge in [-0.05, 0) is 62.8 Å². The predicted molar refractivity (Wildman–Crippen MR) is 171 cm³/mol. The Hall–Kier alpha value is -4.02. The summed E-state index contributed by atoms with van der Waals surface area (Å²) < 4.78 is 38.4. The summed E-state index contributed by atoms with van der Waals surface area (Å²) in [6, 6.07) is 20.5. The van der Waals surface area contributed by atoms with Gasteiger partial charge in [0.05, 0.1) is 42.1 Å². The minimum atomic E-state index is -3.48. The van der Waals surface area contributed by atoms with E-state index < -0.39 is 10.0 Å². The maximum absolute atomic E-state index is 13.4. The van der Waals surface area contributed by atoms with Crippen LogP contribution in [0.4, 0.5) is 17.1 Å². The molecule has 0 aliphatic carbocycles. The molecule has 1 aliphatic heterocycles. The average Bonchev–Trinajstić information content (AvgIpc) is 3.29. The summed E-state index contributed by atoms with van der Waals surface area (Å²) >= 11 is 0. The summed E-state index contributed by atoms with van der Waals surface area (Å²) in [6.07, 6.45) is 1.23. The number of hydrogen-bond acceptors (Lipinski definition) is 7. The van der Waals surface area contributed by atoms with Crippen molar-refractivity contribution in [3.8, 4) is 11.5 Å². The smallest absolute Gasteiger partial charge is 0.258 e. The molecule has 4 rings (SSSR count). The van der Waals surface area contributed by atoms with Crippen LogP contribution in [0.15, 0.2) is 66.7 Å². The number of sulfonamides is 1. The lowest BCUT2D eigenvalue weighted by Crippen LogP contribution is -2.38. The summed E-state index contributed by atoms with van der Waals surface area (Å²) in [4.78, 5) is 15.6. The molecule has 224 valence electrons. The van der Waals surface area contributed by atoms with Crippen molar-refractivity contribution in [3.63, 3.8) is 0 Å². The molecular weight excluding hydrogens is 552 g/mol. The summed E-state index contributed by atoms with van der Waals surface area (Å²) in [7, 11) is -3.48. The maximum atomic E-state index is 13.4. The zero-order valence-electron chi connectivity index (χ0n) is 24.9. The molecule has 0 unspecified atom stereocenters. The van der Waals surface area contributed by atoms with Crippen LogP contribution in [-0.2, 0) is 14.8 Å². The van der Waals surface area contributed by atoms with Gasteiger partial charge < -0.3 is 25.0 Å². The number of likely N-dealkylation sites (N-methyl/N-ethyl adjacent to an activating group) is 1. The molecule has 0 saturated heterocycles. The summed E-state index contributed by atoms with van der Waals surface area (Å²) in [6.45, 7) is 11.5. The molecule has 1 amide bonds. The SMILES string of the molecule is CCOc1cc2c(cc1OCC)C(=C(Nc1ccc(N(CCN(CC)CC)S(C)(=O)=O)cc1)c1ccccc1)C(=O)N2. The van der Waals surface area contributed by atoms with Gasteiger partial charge in [0.15, 0.2) is 11.5 Å². The highest BCUT2D eigenvalue weighted by Crippen LogP contribution is 2.43. The molecule has 3 aromatic carbocycles. The standard InChI is InChI=1S/C32H40N4O5S/c1-6-35(7-2)19-20-36(42(5,38)39)25-17-15-24(16-18-25)33-31(23-13-11-10-12-14-23)30-26-21-28(40-8-3)29(41-9-4)22-27(26)34-32(30)37/h10-18,21-22,33H,6-9,19-20H2,1-5H3,(H,34,37). The van der Waals surface area contributed by atoms with Crippen LogP contribution in [0.1, 0.15) is 38.8 Å². The van der Waals surface area contributed by atoms with Crippen LogP contribution in [-0.4, -0.2) is 64.9 Å². The summed E-state index contributed by atoms with van der Waals surface area (Å²) in [5.74, 6) is 0.888. The molecule has 42 heavy (non-hydrogen) atoms. The lowest BCUT2D eigenvalue weighted by atomic mass is 9.99. The Morgan fingerprint density at radius 1 is 0.857 bits per heavy atom. The minimum Gasteiger partial charge on any atom is -0.490 e. The first-order valence-electron chi connectivity index (χ1n) is 14.3. The van der Waals surface area contributed by atoms with Gasteiger partial charge in [0.25, 0.3) is 5.91 Å². The monoisotopic (exact) mass is 592 g/mol. The second kappa shape index (κ2) is 13.8. The van der Waals surface area contributed by atoms with Crippen molar-refractivity contribution >= 4 is 44.3 Å². The first-order chi connectivity index (χ1) is 20.2. The number of rotatable bonds is 14. The summed E-state index contributed by atoms with van der Waals surface area (Å²) in [5, 5.41) is 6.42. The van der Waals surface area contributed by atoms with E-state index in [1.54, 1.807) is 18.2 Å². The summed E-state index contributed by atoms with van der Waals surface area (Å²) in [5.41, 5.74) is 4.55. The third kappa shape index (κ3) is 7.06. The van der Waals surface area contributed by atoms with E-state index >= 15 is 0 Å². The van der Waals surface area contributed by atoms with E-state index in [0.717, 1.165) is 18.7 Å². The van der Waals surface area contributed by atoms with Gasteiger partial charge in [0.1, 0.15) is 0 Å². The van der Waals surface area contributed by atoms with Crippen molar-refractivity contribution in [2.75, 3.05) is 60.6 Å². The van der Waals surface area contributed by atoms with Crippen molar-refractivity contribution < 1.29 is 22.7 Å². The van der Waals surface area contributed by atoms with Crippen LogP contribution in [0.3, 0.4) is 0 Å². The molecule has 3 aromatic rings. The van der Waals surface area contributed by atoms with E-state index in [9.17, 15) is 13.2 Å². The third-order valence-electron chi connectivity index (χ3n) is 7.08. The number of anilines is 3. The van der Waals surface area contributed by atoms with Crippen LogP contribution in [0.5, 0.6) is 11.5 Å². The van der Waals surface area contributed by atoms with Crippen LogP contribution >= 0.6 is 0 Å². The second-order valence-electron chi connectivity index (χ2n) is 9.81. The van der Waals surface area contributed by atoms with E-state index in [-0.39, 0.29) is 5.91 Å². The number of hydrogen-bond donors (Lipinski definition) is 2. The van der Waals surface area contributed by atoms with E-state index in [0.29, 0.717) is 71.7 Å². The molecular formula is C32H40N4O5S. The Morgan fingerprint density at radius 2 is 1.48 bits per heavy atom. The molecule has 2 N–H and O–H groups in total. The lowest BCUT2D eigenvalue weighted by molar-refractivity contribution is -0.110. The fourth-order valence-corrected chi connectivity index (χ4v) is 5.88. The molecule has 0 aromatic heterocycles. The molecule has 1 heterocycles. The van der Waals surface area contributed by atoms with Gasteiger partial charge >= 0.3 is 0 Å². The number of carbonyl (C=O) groups excluding carboxylic acids is 1. The zero-order valence-corrected chi connectivity index (χ0v) is 25.8. The van der Waals surface area contributed by atoms with Crippen molar-refractivity contribution in [2.24, 2.45) is 0 Å². The third-order valence-corrected chi connectivity index (χ3v) is 8.27. The lowest BCUT2D eigenvalue weighted by Gasteiger charge is -2.26. The zero-order chi connectivity index (χ0) is 30.3. The molecule has 0 radical (unpaired) electrons. The van der Waals surface area contributed by atoms with Crippen LogP contribution in [0.25, 0.3) is 11.3 Å². The molecule has 0 fully saturated rings. The Bertz CT molecular complexity index is 1520. The normalized spacial score (nSPS) is 13.9. The number of ether oxygens (including phenoxy) is 2. The number of carbonyl (C=O) groups is 1. The maximum Gasteiger partial charge on any atom is 0.258 e. The predicted octanol–water partition coefficient (Wildman–Crippen LogP) is 5.52. The first kappa shape index (κ1) is 30.9. The number of nitrogens with zero attached hydrogens (tertiary/aromatic N) is 2. The molecule has 0 bridgehead atoms. The number of nitrogens with one attached hydrogen (secondary N) is 2. The molecule has 10 heteroatoms. The van der Waals surface area contributed by atoms with E-state index in [1.807, 2.05) is 62.4 Å². The fourth-order valence-electron chi connectivity index (χ4n) is 4.96. The van der Waals surface area contributed by atoms with Crippen LogP contribution in [0.2, 0.25) is 0 Å². The molecule has 9 nitrogen and oxygen atoms in total. The Balaban J connectivity index is 1.74. The highest BCUT2D eigenvalue weighted by molar-refractivity contribution is 7.92. The second-order valence-corrected chi connectivity index (χ2v) is 11.7. The molecule has 0 spiro atoms. The quantitative estimate of drug-likeness (QED) is 0.238. The van der Waals surface area contributed by atoms with Gasteiger partial charge in [-0.25, -0.2) is 8.42 Å². The van der Waals surface area contributed by atoms with Gasteiger partial charge in [-0.2, -0.15) is 0 Å². The average molecular weight is 593 g/mol. The fraction of sp³-hybridized carbons (Fsp3) is 0.344. The van der Waals surface area contributed by atoms with Crippen molar-refractivity contribution in [2.45, 2.75) is 27.7 Å². The van der Waals surface area contributed by atoms with Gasteiger partial charge in [0.2, 0.25) is 10.0 Å². The van der Waals surface area contributed by atoms with E-state index in [4.69, 9.17) is 9.47 Å². The van der Waals surface area contributed by atoms with E-state index in [2.05, 4.69) is 29.4 Å². The highest BCUT2D eigenvalue weighted by atomic mass is 32.2. The largest absolute Gasteiger partial charge is 0.490 e. The molecule has 0 saturated carbocycles. The van der Waals surface area contributed by atoms with Crippen molar-refractivity contribution in [3.05, 3.63) is 77.9 Å². The topological polar surface area (TPSA) is 100 Å². The van der Waals surface area contributed by atoms with E-state index in [1.165, 1.54) is 10.6 Å². The number of benzene rings is 3. The minimum absolute atomic E-state index is 0.247. The Morgan fingerprint density at radius 3 is 2.05 bits per heavy atom. The van der Waals surface area contributed by atoms with Gasteiger partial charge in [0, 0.05) is 30.4 Å². The Kier molecular flexibility index (Phi) is 10.1. The van der Waals surface area contributed by atoms with Gasteiger partial charge in [-0.1, -0.05) is 44.2 Å².